The molecule has 180 valence electrons. The molecule has 1 aliphatic heterocycles. The number of nitrogens with one attached hydrogen (secondary N) is 2. The molecular formula is C29H25N3O4. The van der Waals surface area contributed by atoms with E-state index >= 15 is 0 Å². The van der Waals surface area contributed by atoms with E-state index < -0.39 is 0 Å². The molecule has 7 heteroatoms. The number of rotatable bonds is 6. The number of anilines is 2. The smallest absolute Gasteiger partial charge is 0.319 e. The zero-order valence-electron chi connectivity index (χ0n) is 19.8. The summed E-state index contributed by atoms with van der Waals surface area (Å²) in [6, 6.07) is 26.3. The summed E-state index contributed by atoms with van der Waals surface area (Å²) in [6.07, 6.45) is 0.462. The minimum absolute atomic E-state index is 0.201. The van der Waals surface area contributed by atoms with Gasteiger partial charge in [0.15, 0.2) is 0 Å². The van der Waals surface area contributed by atoms with Crippen LogP contribution in [0.5, 0.6) is 11.5 Å². The summed E-state index contributed by atoms with van der Waals surface area (Å²) in [6.45, 7) is 2.12. The SMILES string of the molecule is Cc1cc(NC(=O)NCc2cccc(Oc3cccc4ccccc34)c2)ccc1N1C(=O)CCC1=O. The monoisotopic (exact) mass is 479 g/mol. The first-order chi connectivity index (χ1) is 17.5. The highest BCUT2D eigenvalue weighted by atomic mass is 16.5. The molecule has 1 heterocycles. The summed E-state index contributed by atoms with van der Waals surface area (Å²) in [5.41, 5.74) is 2.74. The van der Waals surface area contributed by atoms with Gasteiger partial charge >= 0.3 is 6.03 Å². The van der Waals surface area contributed by atoms with Crippen LogP contribution in [0.25, 0.3) is 10.8 Å². The number of ether oxygens (including phenoxy) is 1. The van der Waals surface area contributed by atoms with Crippen molar-refractivity contribution in [3.05, 3.63) is 96.1 Å². The Balaban J connectivity index is 1.21. The van der Waals surface area contributed by atoms with Gasteiger partial charge in [-0.3, -0.25) is 14.5 Å². The van der Waals surface area contributed by atoms with Crippen molar-refractivity contribution < 1.29 is 19.1 Å². The zero-order chi connectivity index (χ0) is 25.1. The molecule has 1 aliphatic rings. The zero-order valence-corrected chi connectivity index (χ0v) is 19.8. The number of benzene rings is 4. The molecule has 0 bridgehead atoms. The van der Waals surface area contributed by atoms with Crippen LogP contribution >= 0.6 is 0 Å². The van der Waals surface area contributed by atoms with Crippen LogP contribution in [0.2, 0.25) is 0 Å². The third-order valence-corrected chi connectivity index (χ3v) is 6.08. The largest absolute Gasteiger partial charge is 0.457 e. The summed E-state index contributed by atoms with van der Waals surface area (Å²) in [4.78, 5) is 37.7. The van der Waals surface area contributed by atoms with Crippen LogP contribution in [0.1, 0.15) is 24.0 Å². The maximum atomic E-state index is 12.5. The van der Waals surface area contributed by atoms with Gasteiger partial charge in [0, 0.05) is 30.5 Å². The number of fused-ring (bicyclic) bond motifs is 1. The second kappa shape index (κ2) is 9.92. The minimum Gasteiger partial charge on any atom is -0.457 e. The van der Waals surface area contributed by atoms with Crippen LogP contribution in [0, 0.1) is 6.92 Å². The lowest BCUT2D eigenvalue weighted by molar-refractivity contribution is -0.121. The van der Waals surface area contributed by atoms with E-state index in [1.54, 1.807) is 25.1 Å². The normalized spacial score (nSPS) is 13.2. The molecule has 2 N–H and O–H groups in total. The molecule has 36 heavy (non-hydrogen) atoms. The number of nitrogens with zero attached hydrogens (tertiary/aromatic N) is 1. The molecule has 0 aromatic heterocycles. The van der Waals surface area contributed by atoms with Crippen molar-refractivity contribution in [2.24, 2.45) is 0 Å². The Morgan fingerprint density at radius 3 is 2.44 bits per heavy atom. The van der Waals surface area contributed by atoms with Crippen molar-refractivity contribution in [3.8, 4) is 11.5 Å². The summed E-state index contributed by atoms with van der Waals surface area (Å²) < 4.78 is 6.14. The second-order valence-corrected chi connectivity index (χ2v) is 8.66. The van der Waals surface area contributed by atoms with Crippen LogP contribution in [0.3, 0.4) is 0 Å². The lowest BCUT2D eigenvalue weighted by atomic mass is 10.1. The summed E-state index contributed by atoms with van der Waals surface area (Å²) in [7, 11) is 0. The van der Waals surface area contributed by atoms with Gasteiger partial charge in [-0.15, -0.1) is 0 Å². The molecule has 1 saturated heterocycles. The van der Waals surface area contributed by atoms with Gasteiger partial charge in [0.1, 0.15) is 11.5 Å². The number of carbonyl (C=O) groups is 3. The molecule has 1 fully saturated rings. The topological polar surface area (TPSA) is 87.7 Å². The number of hydrogen-bond donors (Lipinski definition) is 2. The van der Waals surface area contributed by atoms with Gasteiger partial charge in [-0.25, -0.2) is 4.79 Å². The number of carbonyl (C=O) groups excluding carboxylic acids is 3. The van der Waals surface area contributed by atoms with Crippen LogP contribution in [0.15, 0.2) is 84.9 Å². The molecule has 4 aromatic rings. The average molecular weight is 480 g/mol. The number of hydrogen-bond acceptors (Lipinski definition) is 4. The van der Waals surface area contributed by atoms with Crippen molar-refractivity contribution in [1.82, 2.24) is 5.32 Å². The van der Waals surface area contributed by atoms with Gasteiger partial charge in [-0.1, -0.05) is 48.5 Å². The molecule has 0 unspecified atom stereocenters. The lowest BCUT2D eigenvalue weighted by Gasteiger charge is -2.17. The second-order valence-electron chi connectivity index (χ2n) is 8.66. The van der Waals surface area contributed by atoms with E-state index in [1.807, 2.05) is 66.7 Å². The lowest BCUT2D eigenvalue weighted by Crippen LogP contribution is -2.30. The quantitative estimate of drug-likeness (QED) is 0.336. The Morgan fingerprint density at radius 2 is 1.64 bits per heavy atom. The van der Waals surface area contributed by atoms with Gasteiger partial charge < -0.3 is 15.4 Å². The van der Waals surface area contributed by atoms with Gasteiger partial charge in [0.05, 0.1) is 5.69 Å². The fraction of sp³-hybridized carbons (Fsp3) is 0.138. The molecule has 5 rings (SSSR count). The molecule has 0 radical (unpaired) electrons. The fourth-order valence-electron chi connectivity index (χ4n) is 4.32. The molecule has 7 nitrogen and oxygen atoms in total. The van der Waals surface area contributed by atoms with Gasteiger partial charge in [-0.2, -0.15) is 0 Å². The molecule has 0 atom stereocenters. The molecule has 4 aromatic carbocycles. The van der Waals surface area contributed by atoms with E-state index in [4.69, 9.17) is 4.74 Å². The van der Waals surface area contributed by atoms with Gasteiger partial charge in [-0.05, 0) is 59.8 Å². The van der Waals surface area contributed by atoms with Crippen molar-refractivity contribution in [2.45, 2.75) is 26.3 Å². The third-order valence-electron chi connectivity index (χ3n) is 6.08. The first kappa shape index (κ1) is 23.1. The number of amides is 4. The third kappa shape index (κ3) is 4.90. The highest BCUT2D eigenvalue weighted by Gasteiger charge is 2.31. The fourth-order valence-corrected chi connectivity index (χ4v) is 4.32. The Morgan fingerprint density at radius 1 is 0.889 bits per heavy atom. The maximum Gasteiger partial charge on any atom is 0.319 e. The predicted molar refractivity (Wildman–Crippen MR) is 139 cm³/mol. The highest BCUT2D eigenvalue weighted by Crippen LogP contribution is 2.30. The number of aryl methyl sites for hydroxylation is 1. The van der Waals surface area contributed by atoms with Crippen LogP contribution in [-0.2, 0) is 16.1 Å². The Hall–Kier alpha value is -4.65. The molecule has 0 aliphatic carbocycles. The highest BCUT2D eigenvalue weighted by molar-refractivity contribution is 6.20. The van der Waals surface area contributed by atoms with Crippen LogP contribution in [-0.4, -0.2) is 17.8 Å². The van der Waals surface area contributed by atoms with Crippen LogP contribution in [0.4, 0.5) is 16.2 Å². The summed E-state index contributed by atoms with van der Waals surface area (Å²) in [5.74, 6) is 1.05. The van der Waals surface area contributed by atoms with Crippen molar-refractivity contribution in [2.75, 3.05) is 10.2 Å². The molecule has 0 spiro atoms. The van der Waals surface area contributed by atoms with E-state index in [0.717, 1.165) is 27.6 Å². The van der Waals surface area contributed by atoms with Crippen LogP contribution < -0.4 is 20.3 Å². The van der Waals surface area contributed by atoms with Gasteiger partial charge in [0.2, 0.25) is 11.8 Å². The maximum absolute atomic E-state index is 12.5. The Kier molecular flexibility index (Phi) is 6.36. The summed E-state index contributed by atoms with van der Waals surface area (Å²) in [5, 5.41) is 7.78. The van der Waals surface area contributed by atoms with E-state index in [0.29, 0.717) is 23.7 Å². The van der Waals surface area contributed by atoms with Crippen molar-refractivity contribution >= 4 is 40.0 Å². The standard InChI is InChI=1S/C29H25N3O4/c1-19-16-22(12-13-25(19)32-27(33)14-15-28(32)34)31-29(35)30-18-20-6-4-9-23(17-20)36-26-11-5-8-21-7-2-3-10-24(21)26/h2-13,16-17H,14-15,18H2,1H3,(H2,30,31,35). The van der Waals surface area contributed by atoms with Crippen molar-refractivity contribution in [1.29, 1.82) is 0 Å². The molecule has 4 amide bonds. The molecular weight excluding hydrogens is 454 g/mol. The van der Waals surface area contributed by atoms with E-state index in [-0.39, 0.29) is 30.7 Å². The van der Waals surface area contributed by atoms with E-state index in [2.05, 4.69) is 10.6 Å². The average Bonchev–Trinajstić information content (AvgIpc) is 3.21. The van der Waals surface area contributed by atoms with E-state index in [9.17, 15) is 14.4 Å². The summed E-state index contributed by atoms with van der Waals surface area (Å²) >= 11 is 0. The van der Waals surface area contributed by atoms with Crippen molar-refractivity contribution in [3.63, 3.8) is 0 Å². The first-order valence-corrected chi connectivity index (χ1v) is 11.7. The molecule has 0 saturated carbocycles. The predicted octanol–water partition coefficient (Wildman–Crippen LogP) is 5.92. The Bertz CT molecular complexity index is 1460. The number of urea groups is 1. The van der Waals surface area contributed by atoms with E-state index in [1.165, 1.54) is 4.90 Å². The number of imide groups is 1. The first-order valence-electron chi connectivity index (χ1n) is 11.7. The Labute approximate surface area is 208 Å². The minimum atomic E-state index is -0.365. The van der Waals surface area contributed by atoms with Gasteiger partial charge in [0.25, 0.3) is 0 Å².